The van der Waals surface area contributed by atoms with Crippen LogP contribution in [0.5, 0.6) is 0 Å². The first kappa shape index (κ1) is 14.8. The van der Waals surface area contributed by atoms with Crippen molar-refractivity contribution in [3.8, 4) is 0 Å². The lowest BCUT2D eigenvalue weighted by atomic mass is 10.2. The Morgan fingerprint density at radius 2 is 1.78 bits per heavy atom. The summed E-state index contributed by atoms with van der Waals surface area (Å²) < 4.78 is 1.96. The molecule has 0 aliphatic heterocycles. The van der Waals surface area contributed by atoms with E-state index in [2.05, 4.69) is 10.3 Å². The van der Waals surface area contributed by atoms with Crippen molar-refractivity contribution in [1.29, 1.82) is 0 Å². The van der Waals surface area contributed by atoms with Gasteiger partial charge in [0.25, 0.3) is 5.69 Å². The normalized spacial score (nSPS) is 10.5. The van der Waals surface area contributed by atoms with E-state index in [4.69, 9.17) is 0 Å². The number of nitrogens with one attached hydrogen (secondary N) is 2. The summed E-state index contributed by atoms with van der Waals surface area (Å²) >= 11 is 0. The molecule has 23 heavy (non-hydrogen) atoms. The summed E-state index contributed by atoms with van der Waals surface area (Å²) in [6.07, 6.45) is 1.99. The number of benzene rings is 2. The number of aromatic amines is 1. The van der Waals surface area contributed by atoms with E-state index in [1.807, 2.05) is 49.2 Å². The molecule has 0 saturated heterocycles. The number of nitro groups is 1. The fourth-order valence-electron chi connectivity index (χ4n) is 2.46. The molecule has 2 aromatic carbocycles. The maximum absolute atomic E-state index is 10.7. The molecule has 3 rings (SSSR count). The van der Waals surface area contributed by atoms with Gasteiger partial charge in [-0.05, 0) is 18.2 Å². The first-order valence-electron chi connectivity index (χ1n) is 7.18. The highest BCUT2D eigenvalue weighted by Gasteiger charge is 2.13. The van der Waals surface area contributed by atoms with Crippen molar-refractivity contribution < 1.29 is 9.50 Å². The summed E-state index contributed by atoms with van der Waals surface area (Å²) in [5, 5.41) is 15.2. The average Bonchev–Trinajstić information content (AvgIpc) is 2.85. The number of nitro benzene ring substituents is 1. The van der Waals surface area contributed by atoms with Gasteiger partial charge in [-0.1, -0.05) is 18.2 Å². The van der Waals surface area contributed by atoms with Gasteiger partial charge in [-0.25, -0.2) is 4.58 Å². The van der Waals surface area contributed by atoms with Crippen molar-refractivity contribution in [2.24, 2.45) is 0 Å². The molecule has 1 aromatic heterocycles. The third kappa shape index (κ3) is 3.06. The zero-order chi connectivity index (χ0) is 16.4. The molecule has 0 radical (unpaired) electrons. The third-order valence-corrected chi connectivity index (χ3v) is 3.47. The Kier molecular flexibility index (Phi) is 3.80. The van der Waals surface area contributed by atoms with Crippen molar-refractivity contribution in [2.75, 3.05) is 19.4 Å². The van der Waals surface area contributed by atoms with Gasteiger partial charge in [0.05, 0.1) is 10.6 Å². The molecule has 0 aliphatic rings. The zero-order valence-electron chi connectivity index (χ0n) is 12.9. The van der Waals surface area contributed by atoms with Crippen LogP contribution >= 0.6 is 0 Å². The number of hydrogen-bond acceptors (Lipinski definition) is 3. The van der Waals surface area contributed by atoms with Gasteiger partial charge in [0.2, 0.25) is 0 Å². The molecule has 0 spiro atoms. The van der Waals surface area contributed by atoms with Crippen LogP contribution in [0.15, 0.2) is 48.5 Å². The van der Waals surface area contributed by atoms with Gasteiger partial charge in [0, 0.05) is 28.7 Å². The molecule has 0 fully saturated rings. The van der Waals surface area contributed by atoms with Gasteiger partial charge in [-0.3, -0.25) is 10.1 Å². The van der Waals surface area contributed by atoms with Gasteiger partial charge in [-0.2, -0.15) is 0 Å². The van der Waals surface area contributed by atoms with Crippen LogP contribution in [0.3, 0.4) is 0 Å². The molecule has 3 aromatic rings. The van der Waals surface area contributed by atoms with Gasteiger partial charge >= 0.3 is 0 Å². The highest BCUT2D eigenvalue weighted by atomic mass is 16.6. The number of aromatic nitrogens is 1. The van der Waals surface area contributed by atoms with Crippen molar-refractivity contribution in [3.63, 3.8) is 0 Å². The summed E-state index contributed by atoms with van der Waals surface area (Å²) in [5.41, 5.74) is 3.81. The highest BCUT2D eigenvalue weighted by Crippen LogP contribution is 2.30. The Morgan fingerprint density at radius 1 is 1.09 bits per heavy atom. The molecule has 0 unspecified atom stereocenters. The van der Waals surface area contributed by atoms with Crippen molar-refractivity contribution in [2.45, 2.75) is 0 Å². The van der Waals surface area contributed by atoms with Crippen LogP contribution in [0.25, 0.3) is 10.9 Å². The molecule has 0 amide bonds. The number of fused-ring (bicyclic) bond motifs is 1. The first-order chi connectivity index (χ1) is 11.0. The second kappa shape index (κ2) is 5.92. The van der Waals surface area contributed by atoms with E-state index in [9.17, 15) is 10.1 Å². The Labute approximate surface area is 133 Å². The van der Waals surface area contributed by atoms with Gasteiger partial charge < -0.3 is 10.3 Å². The van der Waals surface area contributed by atoms with Crippen molar-refractivity contribution >= 4 is 34.2 Å². The van der Waals surface area contributed by atoms with E-state index < -0.39 is 4.92 Å². The number of para-hydroxylation sites is 1. The van der Waals surface area contributed by atoms with Crippen LogP contribution in [0.1, 0.15) is 5.69 Å². The fraction of sp³-hybridized carbons (Fsp3) is 0.118. The minimum Gasteiger partial charge on any atom is -0.353 e. The van der Waals surface area contributed by atoms with Gasteiger partial charge in [0.1, 0.15) is 19.8 Å². The lowest BCUT2D eigenvalue weighted by molar-refractivity contribution is -0.458. The lowest BCUT2D eigenvalue weighted by Gasteiger charge is -2.06. The maximum Gasteiger partial charge on any atom is 0.269 e. The van der Waals surface area contributed by atoms with E-state index in [1.165, 1.54) is 12.1 Å². The van der Waals surface area contributed by atoms with Gasteiger partial charge in [0.15, 0.2) is 6.21 Å². The predicted octanol–water partition coefficient (Wildman–Crippen LogP) is 3.51. The summed E-state index contributed by atoms with van der Waals surface area (Å²) in [5.74, 6) is 0. The van der Waals surface area contributed by atoms with Crippen LogP contribution in [0.2, 0.25) is 0 Å². The standard InChI is InChI=1S/C17H16N4O2/c1-20(2)11-16-17(14-5-3-4-6-15(14)19-16)18-12-7-9-13(10-8-12)21(22)23/h3-11H,1-2H3,(H,18,19)/p+1. The fourth-order valence-corrected chi connectivity index (χ4v) is 2.46. The number of H-pyrrole nitrogens is 1. The monoisotopic (exact) mass is 309 g/mol. The molecule has 2 N–H and O–H groups in total. The molecular weight excluding hydrogens is 292 g/mol. The second-order valence-electron chi connectivity index (χ2n) is 5.48. The number of nitrogens with zero attached hydrogens (tertiary/aromatic N) is 2. The number of anilines is 2. The van der Waals surface area contributed by atoms with Crippen molar-refractivity contribution in [1.82, 2.24) is 4.98 Å². The van der Waals surface area contributed by atoms with E-state index in [-0.39, 0.29) is 5.69 Å². The molecule has 0 aliphatic carbocycles. The molecule has 6 nitrogen and oxygen atoms in total. The van der Waals surface area contributed by atoms with E-state index in [0.29, 0.717) is 0 Å². The smallest absolute Gasteiger partial charge is 0.269 e. The second-order valence-corrected chi connectivity index (χ2v) is 5.48. The van der Waals surface area contributed by atoms with E-state index >= 15 is 0 Å². The SMILES string of the molecule is C[N+](C)=Cc1[nH]c2ccccc2c1Nc1ccc([N+](=O)[O-])cc1. The Bertz CT molecular complexity index is 891. The van der Waals surface area contributed by atoms with Crippen molar-refractivity contribution in [3.05, 3.63) is 64.3 Å². The molecule has 116 valence electrons. The van der Waals surface area contributed by atoms with Crippen LogP contribution in [0, 0.1) is 10.1 Å². The summed E-state index contributed by atoms with van der Waals surface area (Å²) in [6.45, 7) is 0. The molecule has 0 saturated carbocycles. The lowest BCUT2D eigenvalue weighted by Crippen LogP contribution is -2.02. The molecular formula is C17H17N4O2+. The number of non-ortho nitro benzene ring substituents is 1. The van der Waals surface area contributed by atoms with Crippen LogP contribution in [-0.4, -0.2) is 34.8 Å². The van der Waals surface area contributed by atoms with Crippen LogP contribution in [0.4, 0.5) is 17.1 Å². The number of hydrogen-bond donors (Lipinski definition) is 2. The van der Waals surface area contributed by atoms with E-state index in [1.54, 1.807) is 12.1 Å². The minimum absolute atomic E-state index is 0.0783. The Morgan fingerprint density at radius 3 is 2.43 bits per heavy atom. The average molecular weight is 309 g/mol. The molecule has 0 atom stereocenters. The summed E-state index contributed by atoms with van der Waals surface area (Å²) in [4.78, 5) is 13.7. The molecule has 1 heterocycles. The van der Waals surface area contributed by atoms with Crippen LogP contribution in [-0.2, 0) is 0 Å². The minimum atomic E-state index is -0.402. The number of rotatable bonds is 4. The topological polar surface area (TPSA) is 74.0 Å². The first-order valence-corrected chi connectivity index (χ1v) is 7.18. The van der Waals surface area contributed by atoms with E-state index in [0.717, 1.165) is 28.0 Å². The van der Waals surface area contributed by atoms with Crippen LogP contribution < -0.4 is 5.32 Å². The quantitative estimate of drug-likeness (QED) is 0.335. The zero-order valence-corrected chi connectivity index (χ0v) is 12.9. The third-order valence-electron chi connectivity index (χ3n) is 3.47. The Balaban J connectivity index is 2.04. The summed E-state index contributed by atoms with van der Waals surface area (Å²) in [7, 11) is 3.92. The predicted molar refractivity (Wildman–Crippen MR) is 92.0 cm³/mol. The molecule has 6 heteroatoms. The highest BCUT2D eigenvalue weighted by molar-refractivity contribution is 6.03. The Hall–Kier alpha value is -3.15. The largest absolute Gasteiger partial charge is 0.353 e. The van der Waals surface area contributed by atoms with Gasteiger partial charge in [-0.15, -0.1) is 0 Å². The maximum atomic E-state index is 10.7. The molecule has 0 bridgehead atoms. The summed E-state index contributed by atoms with van der Waals surface area (Å²) in [6, 6.07) is 14.4.